The molecule has 2 aromatic heterocycles. The molecule has 8 nitrogen and oxygen atoms in total. The van der Waals surface area contributed by atoms with Crippen molar-refractivity contribution in [1.29, 1.82) is 0 Å². The first kappa shape index (κ1) is 23.2. The summed E-state index contributed by atoms with van der Waals surface area (Å²) < 4.78 is 38.7. The van der Waals surface area contributed by atoms with E-state index in [1.165, 1.54) is 28.7 Å². The van der Waals surface area contributed by atoms with Crippen molar-refractivity contribution in [1.82, 2.24) is 14.9 Å². The van der Waals surface area contributed by atoms with Crippen LogP contribution in [0.4, 0.5) is 18.7 Å². The highest BCUT2D eigenvalue weighted by Gasteiger charge is 2.49. The summed E-state index contributed by atoms with van der Waals surface area (Å²) in [4.78, 5) is 25.4. The van der Waals surface area contributed by atoms with Crippen LogP contribution in [0.15, 0.2) is 23.0 Å². The van der Waals surface area contributed by atoms with Crippen LogP contribution in [0.1, 0.15) is 27.2 Å². The molecule has 6 rings (SSSR count). The number of aliphatic hydroxyl groups excluding tert-OH is 1. The molecule has 0 saturated carbocycles. The number of piperazine rings is 1. The van der Waals surface area contributed by atoms with Crippen molar-refractivity contribution in [3.05, 3.63) is 23.0 Å². The van der Waals surface area contributed by atoms with Gasteiger partial charge < -0.3 is 19.5 Å². The number of carbonyl (C=O) groups excluding carboxylic acids is 1. The number of fused-ring (bicyclic) bond motifs is 3. The van der Waals surface area contributed by atoms with Gasteiger partial charge in [-0.1, -0.05) is 11.3 Å². The van der Waals surface area contributed by atoms with Gasteiger partial charge in [0.25, 0.3) is 0 Å². The zero-order valence-electron chi connectivity index (χ0n) is 18.8. The third-order valence-corrected chi connectivity index (χ3v) is 7.45. The van der Waals surface area contributed by atoms with Crippen LogP contribution in [-0.2, 0) is 4.74 Å². The van der Waals surface area contributed by atoms with E-state index in [4.69, 9.17) is 14.6 Å². The van der Waals surface area contributed by atoms with E-state index in [1.807, 2.05) is 26.2 Å². The number of anilines is 1. The summed E-state index contributed by atoms with van der Waals surface area (Å²) >= 11 is 2.81. The summed E-state index contributed by atoms with van der Waals surface area (Å²) in [5.74, 6) is -0.104. The number of amides is 1. The lowest BCUT2D eigenvalue weighted by molar-refractivity contribution is -0.200. The number of alkyl halides is 2. The topological polar surface area (TPSA) is 88.0 Å². The molecule has 2 atom stereocenters. The third kappa shape index (κ3) is 4.29. The van der Waals surface area contributed by atoms with Gasteiger partial charge in [-0.3, -0.25) is 4.90 Å². The van der Waals surface area contributed by atoms with Crippen LogP contribution in [0.25, 0.3) is 21.5 Å². The first-order chi connectivity index (χ1) is 16.0. The average Bonchev–Trinajstić information content (AvgIpc) is 3.43. The first-order valence-electron chi connectivity index (χ1n) is 10.8. The Morgan fingerprint density at radius 2 is 2.00 bits per heavy atom. The minimum Gasteiger partial charge on any atom is -0.444 e. The summed E-state index contributed by atoms with van der Waals surface area (Å²) in [6.07, 6.45) is -3.15. The van der Waals surface area contributed by atoms with Crippen LogP contribution in [-0.4, -0.2) is 69.6 Å². The maximum Gasteiger partial charge on any atom is 0.421 e. The number of carbonyl (C=O) groups is 1. The van der Waals surface area contributed by atoms with Crippen molar-refractivity contribution < 1.29 is 28.2 Å². The van der Waals surface area contributed by atoms with E-state index >= 15 is 0 Å². The van der Waals surface area contributed by atoms with Crippen molar-refractivity contribution in [3.8, 4) is 17.0 Å². The lowest BCUT2D eigenvalue weighted by Gasteiger charge is -2.55. The third-order valence-electron chi connectivity index (χ3n) is 5.71. The summed E-state index contributed by atoms with van der Waals surface area (Å²) in [6, 6.07) is 3.13. The highest BCUT2D eigenvalue weighted by molar-refractivity contribution is 7.22. The predicted octanol–water partition coefficient (Wildman–Crippen LogP) is 4.58. The second-order valence-electron chi connectivity index (χ2n) is 9.39. The maximum absolute atomic E-state index is 13.8. The number of benzene rings is 1. The number of rotatable bonds is 5. The summed E-state index contributed by atoms with van der Waals surface area (Å²) in [5, 5.41) is 11.5. The molecule has 3 fully saturated rings. The van der Waals surface area contributed by atoms with Crippen LogP contribution in [0, 0.1) is 0 Å². The Morgan fingerprint density at radius 3 is 2.62 bits per heavy atom. The van der Waals surface area contributed by atoms with Crippen molar-refractivity contribution in [2.24, 2.45) is 0 Å². The number of hydrogen-bond donors (Lipinski definition) is 1. The molecule has 5 heterocycles. The standard InChI is InChI=1S/C22H24F2N4O4S2/c1-21(2,3)32-20(30)28-12-6-13(28)8-27(7-12)19-26-17-16(31-22(23,24)10-29)5-4-14(18(17)34-19)15-9-33-11-25-15/h4-5,9,11-13,29H,6-8,10H2,1-3H3. The van der Waals surface area contributed by atoms with Gasteiger partial charge in [0.05, 0.1) is 28.0 Å². The Kier molecular flexibility index (Phi) is 5.64. The number of nitrogens with zero attached hydrogens (tertiary/aromatic N) is 4. The second-order valence-corrected chi connectivity index (χ2v) is 11.1. The number of ether oxygens (including phenoxy) is 2. The van der Waals surface area contributed by atoms with Crippen molar-refractivity contribution in [3.63, 3.8) is 0 Å². The quantitative estimate of drug-likeness (QED) is 0.538. The van der Waals surface area contributed by atoms with Gasteiger partial charge in [0.2, 0.25) is 0 Å². The van der Waals surface area contributed by atoms with E-state index in [9.17, 15) is 13.6 Å². The lowest BCUT2D eigenvalue weighted by atomic mass is 9.88. The Balaban J connectivity index is 1.45. The zero-order chi connectivity index (χ0) is 24.3. The molecule has 3 aliphatic heterocycles. The molecule has 1 amide bonds. The van der Waals surface area contributed by atoms with Gasteiger partial charge in [0, 0.05) is 24.0 Å². The Bertz CT molecular complexity index is 1200. The Hall–Kier alpha value is -2.57. The summed E-state index contributed by atoms with van der Waals surface area (Å²) in [6.45, 7) is 5.24. The maximum atomic E-state index is 13.8. The molecule has 12 heteroatoms. The lowest BCUT2D eigenvalue weighted by Crippen LogP contribution is -2.70. The van der Waals surface area contributed by atoms with Crippen LogP contribution in [0.3, 0.4) is 0 Å². The minimum absolute atomic E-state index is 0.00747. The van der Waals surface area contributed by atoms with E-state index in [1.54, 1.807) is 16.5 Å². The number of piperidine rings is 1. The van der Waals surface area contributed by atoms with Gasteiger partial charge in [0.1, 0.15) is 17.7 Å². The van der Waals surface area contributed by atoms with Gasteiger partial charge in [-0.25, -0.2) is 14.8 Å². The van der Waals surface area contributed by atoms with Crippen molar-refractivity contribution in [2.75, 3.05) is 24.6 Å². The molecule has 34 heavy (non-hydrogen) atoms. The normalized spacial score (nSPS) is 20.4. The molecule has 2 unspecified atom stereocenters. The van der Waals surface area contributed by atoms with Gasteiger partial charge in [-0.15, -0.1) is 11.3 Å². The molecule has 3 aliphatic rings. The van der Waals surface area contributed by atoms with Gasteiger partial charge in [-0.2, -0.15) is 8.78 Å². The molecule has 1 N–H and O–H groups in total. The molecule has 3 aromatic rings. The van der Waals surface area contributed by atoms with Crippen LogP contribution < -0.4 is 9.64 Å². The Labute approximate surface area is 202 Å². The molecule has 1 aromatic carbocycles. The highest BCUT2D eigenvalue weighted by Crippen LogP contribution is 2.44. The summed E-state index contributed by atoms with van der Waals surface area (Å²) in [5.41, 5.74) is 2.94. The molecule has 2 bridgehead atoms. The van der Waals surface area contributed by atoms with Crippen LogP contribution >= 0.6 is 22.7 Å². The largest absolute Gasteiger partial charge is 0.444 e. The number of thiazole rings is 2. The fraction of sp³-hybridized carbons (Fsp3) is 0.500. The van der Waals surface area contributed by atoms with E-state index in [0.717, 1.165) is 17.7 Å². The number of hydrogen-bond acceptors (Lipinski definition) is 9. The van der Waals surface area contributed by atoms with Gasteiger partial charge in [-0.05, 0) is 39.3 Å². The predicted molar refractivity (Wildman–Crippen MR) is 126 cm³/mol. The molecule has 3 saturated heterocycles. The number of aliphatic hydroxyl groups is 1. The first-order valence-corrected chi connectivity index (χ1v) is 12.6. The molecular formula is C22H24F2N4O4S2. The molecule has 0 aliphatic carbocycles. The molecule has 0 radical (unpaired) electrons. The number of aromatic nitrogens is 2. The fourth-order valence-corrected chi connectivity index (χ4v) is 5.98. The smallest absolute Gasteiger partial charge is 0.421 e. The monoisotopic (exact) mass is 510 g/mol. The summed E-state index contributed by atoms with van der Waals surface area (Å²) in [7, 11) is 0. The Morgan fingerprint density at radius 1 is 1.26 bits per heavy atom. The molecule has 0 spiro atoms. The van der Waals surface area contributed by atoms with Gasteiger partial charge >= 0.3 is 12.2 Å². The van der Waals surface area contributed by atoms with Gasteiger partial charge in [0.15, 0.2) is 10.9 Å². The van der Waals surface area contributed by atoms with E-state index in [0.29, 0.717) is 28.4 Å². The van der Waals surface area contributed by atoms with Crippen LogP contribution in [0.2, 0.25) is 0 Å². The van der Waals surface area contributed by atoms with Crippen molar-refractivity contribution in [2.45, 2.75) is 51.0 Å². The average molecular weight is 511 g/mol. The second kappa shape index (κ2) is 8.28. The minimum atomic E-state index is -3.72. The number of halogens is 2. The van der Waals surface area contributed by atoms with Crippen LogP contribution in [0.5, 0.6) is 5.75 Å². The van der Waals surface area contributed by atoms with Crippen molar-refractivity contribution >= 4 is 44.1 Å². The van der Waals surface area contributed by atoms with E-state index < -0.39 is 18.3 Å². The highest BCUT2D eigenvalue weighted by atomic mass is 32.1. The SMILES string of the molecule is CC(C)(C)OC(=O)N1C2CC1CN(c1nc3c(OC(F)(F)CO)ccc(-c4cscn4)c3s1)C2. The molecule has 182 valence electrons. The molecular weight excluding hydrogens is 486 g/mol. The zero-order valence-corrected chi connectivity index (χ0v) is 20.5. The van der Waals surface area contributed by atoms with E-state index in [-0.39, 0.29) is 23.9 Å². The fourth-order valence-electron chi connectivity index (χ4n) is 4.31. The van der Waals surface area contributed by atoms with E-state index in [2.05, 4.69) is 14.9 Å².